The number of aromatic nitrogens is 1. The third-order valence-corrected chi connectivity index (χ3v) is 4.39. The third-order valence-electron chi connectivity index (χ3n) is 3.64. The smallest absolute Gasteiger partial charge is 0.256 e. The second kappa shape index (κ2) is 9.00. The Kier molecular flexibility index (Phi) is 7.01. The Balaban J connectivity index is 0.00000225. The number of nitrogens with zero attached hydrogens (tertiary/aromatic N) is 1. The van der Waals surface area contributed by atoms with Crippen LogP contribution in [-0.2, 0) is 9.53 Å². The number of carbonyl (C=O) groups excluding carboxylic acids is 1. The first-order chi connectivity index (χ1) is 11.7. The number of benzene rings is 1. The van der Waals surface area contributed by atoms with Gasteiger partial charge in [-0.25, -0.2) is 4.98 Å². The molecule has 1 aromatic heterocycles. The van der Waals surface area contributed by atoms with Crippen LogP contribution in [0.25, 0.3) is 11.3 Å². The molecule has 0 aliphatic carbocycles. The molecule has 1 saturated heterocycles. The Morgan fingerprint density at radius 3 is 2.92 bits per heavy atom. The highest BCUT2D eigenvalue weighted by molar-refractivity contribution is 7.14. The second-order valence-corrected chi connectivity index (χ2v) is 6.02. The standard InChI is InChI=1S/C16H19N3O4S.ClH/c1-21-10-3-4-13(22-2)11(7-10)12-9-24-16(18-12)19-15(20)14-8-17-5-6-23-14;/h3-4,7,9,14,17H,5-6,8H2,1-2H3,(H,18,19,20);1H/t14-;/m1./s1. The zero-order chi connectivity index (χ0) is 16.9. The van der Waals surface area contributed by atoms with E-state index in [4.69, 9.17) is 14.2 Å². The lowest BCUT2D eigenvalue weighted by Crippen LogP contribution is -2.45. The first-order valence-corrected chi connectivity index (χ1v) is 8.40. The van der Waals surface area contributed by atoms with Gasteiger partial charge in [0, 0.05) is 24.0 Å². The van der Waals surface area contributed by atoms with Crippen LogP contribution in [-0.4, -0.2) is 50.9 Å². The Bertz CT molecular complexity index is 719. The van der Waals surface area contributed by atoms with Crippen molar-refractivity contribution in [3.63, 3.8) is 0 Å². The number of amides is 1. The van der Waals surface area contributed by atoms with Crippen LogP contribution < -0.4 is 20.1 Å². The Labute approximate surface area is 156 Å². The van der Waals surface area contributed by atoms with E-state index in [-0.39, 0.29) is 18.3 Å². The molecule has 25 heavy (non-hydrogen) atoms. The average Bonchev–Trinajstić information content (AvgIpc) is 3.10. The molecule has 1 fully saturated rings. The first-order valence-electron chi connectivity index (χ1n) is 7.52. The largest absolute Gasteiger partial charge is 0.497 e. The summed E-state index contributed by atoms with van der Waals surface area (Å²) in [4.78, 5) is 16.7. The molecule has 1 aliphatic heterocycles. The van der Waals surface area contributed by atoms with Gasteiger partial charge < -0.3 is 19.5 Å². The van der Waals surface area contributed by atoms with Gasteiger partial charge in [-0.15, -0.1) is 23.7 Å². The monoisotopic (exact) mass is 385 g/mol. The fraction of sp³-hybridized carbons (Fsp3) is 0.375. The van der Waals surface area contributed by atoms with Crippen molar-refractivity contribution in [1.29, 1.82) is 0 Å². The van der Waals surface area contributed by atoms with Crippen molar-refractivity contribution in [2.45, 2.75) is 6.10 Å². The summed E-state index contributed by atoms with van der Waals surface area (Å²) in [7, 11) is 3.21. The normalized spacial score (nSPS) is 16.6. The minimum atomic E-state index is -0.488. The van der Waals surface area contributed by atoms with Gasteiger partial charge in [0.25, 0.3) is 5.91 Å². The molecule has 136 valence electrons. The van der Waals surface area contributed by atoms with Crippen molar-refractivity contribution < 1.29 is 19.0 Å². The van der Waals surface area contributed by atoms with Crippen LogP contribution >= 0.6 is 23.7 Å². The molecule has 3 rings (SSSR count). The van der Waals surface area contributed by atoms with E-state index in [1.54, 1.807) is 14.2 Å². The maximum atomic E-state index is 12.2. The van der Waals surface area contributed by atoms with Gasteiger partial charge >= 0.3 is 0 Å². The average molecular weight is 386 g/mol. The third kappa shape index (κ3) is 4.60. The van der Waals surface area contributed by atoms with Crippen LogP contribution in [0.15, 0.2) is 23.6 Å². The molecular weight excluding hydrogens is 366 g/mol. The highest BCUT2D eigenvalue weighted by Crippen LogP contribution is 2.35. The first kappa shape index (κ1) is 19.5. The Morgan fingerprint density at radius 1 is 1.40 bits per heavy atom. The minimum absolute atomic E-state index is 0. The second-order valence-electron chi connectivity index (χ2n) is 5.16. The van der Waals surface area contributed by atoms with E-state index in [1.807, 2.05) is 23.6 Å². The number of thiazole rings is 1. The zero-order valence-electron chi connectivity index (χ0n) is 13.9. The molecule has 1 aliphatic rings. The number of ether oxygens (including phenoxy) is 3. The fourth-order valence-corrected chi connectivity index (χ4v) is 3.10. The molecular formula is C16H20ClN3O4S. The number of halogens is 1. The number of morpholine rings is 1. The van der Waals surface area contributed by atoms with Gasteiger partial charge in [-0.2, -0.15) is 0 Å². The van der Waals surface area contributed by atoms with E-state index in [1.165, 1.54) is 11.3 Å². The van der Waals surface area contributed by atoms with Crippen LogP contribution in [0.3, 0.4) is 0 Å². The molecule has 7 nitrogen and oxygen atoms in total. The van der Waals surface area contributed by atoms with Crippen LogP contribution in [0, 0.1) is 0 Å². The number of anilines is 1. The molecule has 1 amide bonds. The van der Waals surface area contributed by atoms with Gasteiger partial charge in [-0.05, 0) is 18.2 Å². The van der Waals surface area contributed by atoms with E-state index in [0.717, 1.165) is 12.1 Å². The summed E-state index contributed by atoms with van der Waals surface area (Å²) in [5.41, 5.74) is 1.53. The van der Waals surface area contributed by atoms with Gasteiger partial charge in [0.05, 0.1) is 26.5 Å². The molecule has 0 spiro atoms. The quantitative estimate of drug-likeness (QED) is 0.821. The van der Waals surface area contributed by atoms with Gasteiger partial charge in [0.1, 0.15) is 17.6 Å². The maximum Gasteiger partial charge on any atom is 0.256 e. The fourth-order valence-electron chi connectivity index (χ4n) is 2.39. The van der Waals surface area contributed by atoms with Gasteiger partial charge in [-0.1, -0.05) is 0 Å². The van der Waals surface area contributed by atoms with Crippen molar-refractivity contribution in [3.8, 4) is 22.8 Å². The predicted octanol–water partition coefficient (Wildman–Crippen LogP) is 2.18. The summed E-state index contributed by atoms with van der Waals surface area (Å²) in [6.45, 7) is 1.80. The lowest BCUT2D eigenvalue weighted by molar-refractivity contribution is -0.128. The Morgan fingerprint density at radius 2 is 2.24 bits per heavy atom. The van der Waals surface area contributed by atoms with E-state index >= 15 is 0 Å². The van der Waals surface area contributed by atoms with Crippen LogP contribution in [0.2, 0.25) is 0 Å². The lowest BCUT2D eigenvalue weighted by Gasteiger charge is -2.22. The maximum absolute atomic E-state index is 12.2. The summed E-state index contributed by atoms with van der Waals surface area (Å²) in [5.74, 6) is 1.21. The molecule has 1 atom stereocenters. The number of hydrogen-bond donors (Lipinski definition) is 2. The summed E-state index contributed by atoms with van der Waals surface area (Å²) < 4.78 is 16.1. The van der Waals surface area contributed by atoms with Crippen LogP contribution in [0.1, 0.15) is 0 Å². The summed E-state index contributed by atoms with van der Waals surface area (Å²) >= 11 is 1.35. The predicted molar refractivity (Wildman–Crippen MR) is 99.1 cm³/mol. The van der Waals surface area contributed by atoms with Crippen molar-refractivity contribution in [1.82, 2.24) is 10.3 Å². The van der Waals surface area contributed by atoms with E-state index in [0.29, 0.717) is 35.5 Å². The van der Waals surface area contributed by atoms with Crippen LogP contribution in [0.4, 0.5) is 5.13 Å². The zero-order valence-corrected chi connectivity index (χ0v) is 15.5. The summed E-state index contributed by atoms with van der Waals surface area (Å²) in [6, 6.07) is 5.51. The van der Waals surface area contributed by atoms with E-state index in [9.17, 15) is 4.79 Å². The van der Waals surface area contributed by atoms with Crippen molar-refractivity contribution in [2.75, 3.05) is 39.2 Å². The number of nitrogens with one attached hydrogen (secondary N) is 2. The summed E-state index contributed by atoms with van der Waals surface area (Å²) in [5, 5.41) is 8.32. The van der Waals surface area contributed by atoms with E-state index in [2.05, 4.69) is 15.6 Å². The molecule has 9 heteroatoms. The molecule has 0 radical (unpaired) electrons. The molecule has 1 aromatic carbocycles. The van der Waals surface area contributed by atoms with Gasteiger partial charge in [0.2, 0.25) is 0 Å². The molecule has 2 heterocycles. The molecule has 2 N–H and O–H groups in total. The van der Waals surface area contributed by atoms with Crippen molar-refractivity contribution >= 4 is 34.8 Å². The highest BCUT2D eigenvalue weighted by atomic mass is 35.5. The topological polar surface area (TPSA) is 81.7 Å². The number of hydrogen-bond acceptors (Lipinski definition) is 7. The van der Waals surface area contributed by atoms with E-state index < -0.39 is 6.10 Å². The van der Waals surface area contributed by atoms with Crippen molar-refractivity contribution in [2.24, 2.45) is 0 Å². The van der Waals surface area contributed by atoms with Crippen LogP contribution in [0.5, 0.6) is 11.5 Å². The minimum Gasteiger partial charge on any atom is -0.497 e. The SMILES string of the molecule is COc1ccc(OC)c(-c2csc(NC(=O)[C@H]3CNCCO3)n2)c1.Cl. The van der Waals surface area contributed by atoms with Crippen molar-refractivity contribution in [3.05, 3.63) is 23.6 Å². The number of carbonyl (C=O) groups is 1. The number of methoxy groups -OCH3 is 2. The van der Waals surface area contributed by atoms with Gasteiger partial charge in [-0.3, -0.25) is 10.1 Å². The molecule has 0 unspecified atom stereocenters. The number of rotatable bonds is 5. The molecule has 0 saturated carbocycles. The molecule has 0 bridgehead atoms. The lowest BCUT2D eigenvalue weighted by atomic mass is 10.1. The Hall–Kier alpha value is -1.87. The highest BCUT2D eigenvalue weighted by Gasteiger charge is 2.23. The molecule has 2 aromatic rings. The van der Waals surface area contributed by atoms with Gasteiger partial charge in [0.15, 0.2) is 5.13 Å². The summed E-state index contributed by atoms with van der Waals surface area (Å²) in [6.07, 6.45) is -0.488.